The van der Waals surface area contributed by atoms with Gasteiger partial charge in [-0.15, -0.1) is 0 Å². The highest BCUT2D eigenvalue weighted by molar-refractivity contribution is 5.95. The number of pyridine rings is 2. The summed E-state index contributed by atoms with van der Waals surface area (Å²) in [5, 5.41) is 2.68. The molecule has 0 radical (unpaired) electrons. The number of amides is 1. The van der Waals surface area contributed by atoms with Gasteiger partial charge in [0.25, 0.3) is 0 Å². The average Bonchev–Trinajstić information content (AvgIpc) is 3.51. The normalized spacial score (nSPS) is 13.0. The molecule has 8 heteroatoms. The Kier molecular flexibility index (Phi) is 5.21. The van der Waals surface area contributed by atoms with Crippen molar-refractivity contribution >= 4 is 23.7 Å². The van der Waals surface area contributed by atoms with Crippen molar-refractivity contribution < 1.29 is 23.9 Å². The summed E-state index contributed by atoms with van der Waals surface area (Å²) in [6, 6.07) is 7.72. The smallest absolute Gasteiger partial charge is 0.356 e. The number of hydrogen-bond donors (Lipinski definition) is 1. The predicted octanol–water partition coefficient (Wildman–Crippen LogP) is 1.97. The molecule has 0 aliphatic heterocycles. The molecule has 0 saturated heterocycles. The number of rotatable bonds is 6. The Labute approximate surface area is 149 Å². The SMILES string of the molecule is COC(=O)c1cccc(COC(=O)c2ccnc(NC(=O)C3CC3)c2)n1. The maximum absolute atomic E-state index is 12.2. The van der Waals surface area contributed by atoms with Gasteiger partial charge in [-0.05, 0) is 37.1 Å². The van der Waals surface area contributed by atoms with E-state index < -0.39 is 11.9 Å². The van der Waals surface area contributed by atoms with Crippen LogP contribution in [-0.2, 0) is 20.9 Å². The standard InChI is InChI=1S/C18H17N3O5/c1-25-18(24)14-4-2-3-13(20-14)10-26-17(23)12-7-8-19-15(9-12)21-16(22)11-5-6-11/h2-4,7-9,11H,5-6,10H2,1H3,(H,19,21,22). The molecule has 0 unspecified atom stereocenters. The van der Waals surface area contributed by atoms with E-state index in [0.717, 1.165) is 12.8 Å². The first-order chi connectivity index (χ1) is 12.6. The Morgan fingerprint density at radius 2 is 2.00 bits per heavy atom. The quantitative estimate of drug-likeness (QED) is 0.789. The van der Waals surface area contributed by atoms with Crippen molar-refractivity contribution in [3.05, 3.63) is 53.5 Å². The van der Waals surface area contributed by atoms with Crippen molar-refractivity contribution in [3.8, 4) is 0 Å². The van der Waals surface area contributed by atoms with Gasteiger partial charge in [-0.1, -0.05) is 6.07 Å². The third-order valence-corrected chi connectivity index (χ3v) is 3.75. The Morgan fingerprint density at radius 1 is 1.19 bits per heavy atom. The Balaban J connectivity index is 1.61. The van der Waals surface area contributed by atoms with Gasteiger partial charge in [0, 0.05) is 12.1 Å². The molecule has 1 aliphatic carbocycles. The van der Waals surface area contributed by atoms with Gasteiger partial charge in [0.1, 0.15) is 18.1 Å². The fourth-order valence-electron chi connectivity index (χ4n) is 2.20. The third kappa shape index (κ3) is 4.41. The highest BCUT2D eigenvalue weighted by Gasteiger charge is 2.29. The maximum atomic E-state index is 12.2. The topological polar surface area (TPSA) is 107 Å². The molecule has 3 rings (SSSR count). The van der Waals surface area contributed by atoms with Crippen LogP contribution in [0.25, 0.3) is 0 Å². The Bertz CT molecular complexity index is 848. The molecular weight excluding hydrogens is 338 g/mol. The molecule has 1 saturated carbocycles. The lowest BCUT2D eigenvalue weighted by Gasteiger charge is -2.07. The van der Waals surface area contributed by atoms with E-state index in [1.165, 1.54) is 31.5 Å². The number of nitrogens with zero attached hydrogens (tertiary/aromatic N) is 2. The molecule has 0 atom stereocenters. The van der Waals surface area contributed by atoms with Crippen LogP contribution in [0.1, 0.15) is 39.4 Å². The van der Waals surface area contributed by atoms with E-state index >= 15 is 0 Å². The zero-order valence-electron chi connectivity index (χ0n) is 14.1. The van der Waals surface area contributed by atoms with Crippen LogP contribution in [0.4, 0.5) is 5.82 Å². The highest BCUT2D eigenvalue weighted by Crippen LogP contribution is 2.29. The van der Waals surface area contributed by atoms with Gasteiger partial charge >= 0.3 is 11.9 Å². The predicted molar refractivity (Wildman–Crippen MR) is 90.3 cm³/mol. The number of hydrogen-bond acceptors (Lipinski definition) is 7. The van der Waals surface area contributed by atoms with E-state index in [-0.39, 0.29) is 29.7 Å². The first kappa shape index (κ1) is 17.5. The Morgan fingerprint density at radius 3 is 2.73 bits per heavy atom. The zero-order valence-corrected chi connectivity index (χ0v) is 14.1. The van der Waals surface area contributed by atoms with E-state index in [0.29, 0.717) is 11.5 Å². The lowest BCUT2D eigenvalue weighted by molar-refractivity contribution is -0.117. The Hall–Kier alpha value is -3.29. The molecule has 2 heterocycles. The van der Waals surface area contributed by atoms with Crippen molar-refractivity contribution in [1.29, 1.82) is 0 Å². The van der Waals surface area contributed by atoms with Crippen molar-refractivity contribution in [2.45, 2.75) is 19.4 Å². The molecule has 0 aromatic carbocycles. The molecule has 8 nitrogen and oxygen atoms in total. The molecule has 1 fully saturated rings. The van der Waals surface area contributed by atoms with Gasteiger partial charge in [0.2, 0.25) is 5.91 Å². The fraction of sp³-hybridized carbons (Fsp3) is 0.278. The van der Waals surface area contributed by atoms with Crippen LogP contribution in [-0.4, -0.2) is 34.9 Å². The second-order valence-corrected chi connectivity index (χ2v) is 5.78. The van der Waals surface area contributed by atoms with Crippen molar-refractivity contribution in [2.24, 2.45) is 5.92 Å². The molecular formula is C18H17N3O5. The van der Waals surface area contributed by atoms with Gasteiger partial charge in [-0.25, -0.2) is 19.6 Å². The van der Waals surface area contributed by atoms with E-state index in [4.69, 9.17) is 4.74 Å². The van der Waals surface area contributed by atoms with Gasteiger partial charge in [-0.3, -0.25) is 4.79 Å². The molecule has 1 aliphatic rings. The number of carbonyl (C=O) groups is 3. The second kappa shape index (κ2) is 7.73. The van der Waals surface area contributed by atoms with Crippen LogP contribution in [0.3, 0.4) is 0 Å². The van der Waals surface area contributed by atoms with Crippen LogP contribution in [0.5, 0.6) is 0 Å². The molecule has 134 valence electrons. The first-order valence-corrected chi connectivity index (χ1v) is 8.05. The summed E-state index contributed by atoms with van der Waals surface area (Å²) < 4.78 is 9.81. The zero-order chi connectivity index (χ0) is 18.5. The van der Waals surface area contributed by atoms with E-state index in [9.17, 15) is 14.4 Å². The average molecular weight is 355 g/mol. The number of aromatic nitrogens is 2. The molecule has 1 N–H and O–H groups in total. The summed E-state index contributed by atoms with van der Waals surface area (Å²) in [6.07, 6.45) is 3.19. The van der Waals surface area contributed by atoms with E-state index in [2.05, 4.69) is 20.0 Å². The molecule has 0 bridgehead atoms. The lowest BCUT2D eigenvalue weighted by atomic mass is 10.2. The summed E-state index contributed by atoms with van der Waals surface area (Å²) >= 11 is 0. The molecule has 26 heavy (non-hydrogen) atoms. The van der Waals surface area contributed by atoms with E-state index in [1.807, 2.05) is 0 Å². The molecule has 2 aromatic rings. The minimum atomic E-state index is -0.584. The maximum Gasteiger partial charge on any atom is 0.356 e. The van der Waals surface area contributed by atoms with Gasteiger partial charge in [0.05, 0.1) is 18.4 Å². The lowest BCUT2D eigenvalue weighted by Crippen LogP contribution is -2.15. The number of methoxy groups -OCH3 is 1. The second-order valence-electron chi connectivity index (χ2n) is 5.78. The fourth-order valence-corrected chi connectivity index (χ4v) is 2.20. The molecule has 2 aromatic heterocycles. The van der Waals surface area contributed by atoms with Crippen molar-refractivity contribution in [3.63, 3.8) is 0 Å². The van der Waals surface area contributed by atoms with Crippen LogP contribution < -0.4 is 5.32 Å². The van der Waals surface area contributed by atoms with Gasteiger partial charge < -0.3 is 14.8 Å². The largest absolute Gasteiger partial charge is 0.464 e. The summed E-state index contributed by atoms with van der Waals surface area (Å²) in [6.45, 7) is -0.101. The number of esters is 2. The summed E-state index contributed by atoms with van der Waals surface area (Å²) in [5.74, 6) is -0.891. The minimum absolute atomic E-state index is 0.0422. The molecule has 1 amide bonds. The number of nitrogens with one attached hydrogen (secondary N) is 1. The first-order valence-electron chi connectivity index (χ1n) is 8.05. The monoisotopic (exact) mass is 355 g/mol. The summed E-state index contributed by atoms with van der Waals surface area (Å²) in [7, 11) is 1.26. The highest BCUT2D eigenvalue weighted by atomic mass is 16.5. The number of anilines is 1. The van der Waals surface area contributed by atoms with Crippen molar-refractivity contribution in [2.75, 3.05) is 12.4 Å². The summed E-state index contributed by atoms with van der Waals surface area (Å²) in [4.78, 5) is 43.5. The number of carbonyl (C=O) groups excluding carboxylic acids is 3. The molecule has 0 spiro atoms. The minimum Gasteiger partial charge on any atom is -0.464 e. The number of ether oxygens (including phenoxy) is 2. The van der Waals surface area contributed by atoms with Gasteiger partial charge in [-0.2, -0.15) is 0 Å². The van der Waals surface area contributed by atoms with Crippen LogP contribution in [0.2, 0.25) is 0 Å². The van der Waals surface area contributed by atoms with Crippen molar-refractivity contribution in [1.82, 2.24) is 9.97 Å². The van der Waals surface area contributed by atoms with Crippen LogP contribution in [0.15, 0.2) is 36.5 Å². The van der Waals surface area contributed by atoms with Crippen LogP contribution in [0, 0.1) is 5.92 Å². The van der Waals surface area contributed by atoms with Gasteiger partial charge in [0.15, 0.2) is 0 Å². The van der Waals surface area contributed by atoms with Crippen LogP contribution >= 0.6 is 0 Å². The summed E-state index contributed by atoms with van der Waals surface area (Å²) in [5.41, 5.74) is 0.808. The third-order valence-electron chi connectivity index (χ3n) is 3.75. The van der Waals surface area contributed by atoms with E-state index in [1.54, 1.807) is 12.1 Å².